The highest BCUT2D eigenvalue weighted by atomic mass is 16.5. The summed E-state index contributed by atoms with van der Waals surface area (Å²) in [6, 6.07) is 9.59. The van der Waals surface area contributed by atoms with Crippen LogP contribution in [0.1, 0.15) is 37.1 Å². The van der Waals surface area contributed by atoms with E-state index in [0.717, 1.165) is 22.2 Å². The topological polar surface area (TPSA) is 59.4 Å². The molecule has 0 bridgehead atoms. The predicted octanol–water partition coefficient (Wildman–Crippen LogP) is 2.92. The third kappa shape index (κ3) is 3.54. The Kier molecular flexibility index (Phi) is 4.69. The second-order valence-corrected chi connectivity index (χ2v) is 4.76. The van der Waals surface area contributed by atoms with Crippen LogP contribution < -0.4 is 0 Å². The fraction of sp³-hybridized carbons (Fsp3) is 0.375. The number of benzene rings is 1. The number of aromatic nitrogens is 1. The molecule has 0 saturated heterocycles. The van der Waals surface area contributed by atoms with Gasteiger partial charge in [0.25, 0.3) is 0 Å². The zero-order valence-electron chi connectivity index (χ0n) is 11.8. The summed E-state index contributed by atoms with van der Waals surface area (Å²) in [5.74, 6) is -0.273. The quantitative estimate of drug-likeness (QED) is 0.851. The van der Waals surface area contributed by atoms with Crippen LogP contribution in [0.15, 0.2) is 30.3 Å². The van der Waals surface area contributed by atoms with Gasteiger partial charge in [-0.05, 0) is 44.0 Å². The fourth-order valence-electron chi connectivity index (χ4n) is 2.11. The van der Waals surface area contributed by atoms with Crippen molar-refractivity contribution in [3.05, 3.63) is 41.6 Å². The van der Waals surface area contributed by atoms with E-state index in [4.69, 9.17) is 4.74 Å². The highest BCUT2D eigenvalue weighted by molar-refractivity contribution is 5.79. The van der Waals surface area contributed by atoms with E-state index in [1.165, 1.54) is 0 Å². The molecular formula is C16H19NO3. The molecule has 0 aliphatic carbocycles. The molecular weight excluding hydrogens is 254 g/mol. The second-order valence-electron chi connectivity index (χ2n) is 4.76. The Morgan fingerprint density at radius 3 is 2.90 bits per heavy atom. The number of hydrogen-bond donors (Lipinski definition) is 1. The Hall–Kier alpha value is -1.94. The van der Waals surface area contributed by atoms with E-state index in [1.807, 2.05) is 37.3 Å². The van der Waals surface area contributed by atoms with Crippen molar-refractivity contribution in [2.45, 2.75) is 32.8 Å². The molecule has 1 unspecified atom stereocenters. The van der Waals surface area contributed by atoms with E-state index < -0.39 is 6.10 Å². The molecule has 4 nitrogen and oxygen atoms in total. The largest absolute Gasteiger partial charge is 0.466 e. The molecule has 2 aromatic rings. The maximum Gasteiger partial charge on any atom is 0.305 e. The average molecular weight is 273 g/mol. The summed E-state index contributed by atoms with van der Waals surface area (Å²) >= 11 is 0. The van der Waals surface area contributed by atoms with Crippen molar-refractivity contribution in [2.24, 2.45) is 0 Å². The third-order valence-corrected chi connectivity index (χ3v) is 3.16. The summed E-state index contributed by atoms with van der Waals surface area (Å²) in [5, 5.41) is 11.1. The first-order valence-electron chi connectivity index (χ1n) is 6.81. The van der Waals surface area contributed by atoms with Crippen LogP contribution in [0.4, 0.5) is 0 Å². The number of aliphatic hydroxyl groups excluding tert-OH is 1. The Morgan fingerprint density at radius 2 is 2.15 bits per heavy atom. The van der Waals surface area contributed by atoms with E-state index in [1.54, 1.807) is 6.92 Å². The average Bonchev–Trinajstić information content (AvgIpc) is 2.44. The van der Waals surface area contributed by atoms with Crippen molar-refractivity contribution in [2.75, 3.05) is 6.61 Å². The summed E-state index contributed by atoms with van der Waals surface area (Å²) in [5.41, 5.74) is 2.67. The van der Waals surface area contributed by atoms with Crippen LogP contribution in [0.25, 0.3) is 10.9 Å². The molecule has 0 amide bonds. The normalized spacial score (nSPS) is 12.3. The number of aryl methyl sites for hydroxylation is 1. The lowest BCUT2D eigenvalue weighted by atomic mass is 10.0. The first-order chi connectivity index (χ1) is 9.60. The maximum atomic E-state index is 11.3. The van der Waals surface area contributed by atoms with Crippen molar-refractivity contribution in [1.29, 1.82) is 0 Å². The van der Waals surface area contributed by atoms with Crippen LogP contribution in [0.2, 0.25) is 0 Å². The van der Waals surface area contributed by atoms with Crippen LogP contribution in [-0.2, 0) is 9.53 Å². The second kappa shape index (κ2) is 6.48. The van der Waals surface area contributed by atoms with Crippen LogP contribution in [-0.4, -0.2) is 22.7 Å². The highest BCUT2D eigenvalue weighted by Gasteiger charge is 2.11. The Bertz CT molecular complexity index is 610. The molecule has 0 fully saturated rings. The molecule has 1 aromatic carbocycles. The first kappa shape index (κ1) is 14.5. The van der Waals surface area contributed by atoms with Gasteiger partial charge in [-0.3, -0.25) is 9.78 Å². The van der Waals surface area contributed by atoms with Gasteiger partial charge in [0.15, 0.2) is 0 Å². The molecule has 1 atom stereocenters. The number of ether oxygens (including phenoxy) is 1. The Labute approximate surface area is 118 Å². The highest BCUT2D eigenvalue weighted by Crippen LogP contribution is 2.23. The molecule has 0 radical (unpaired) electrons. The Balaban J connectivity index is 2.08. The minimum Gasteiger partial charge on any atom is -0.466 e. The standard InChI is InChI=1S/C16H19NO3/c1-3-20-16(19)9-8-15(18)13-6-7-14-12(10-13)5-4-11(2)17-14/h4-7,10,15,18H,3,8-9H2,1-2H3. The lowest BCUT2D eigenvalue weighted by Crippen LogP contribution is -2.07. The molecule has 106 valence electrons. The predicted molar refractivity (Wildman–Crippen MR) is 77.3 cm³/mol. The number of carbonyl (C=O) groups is 1. The summed E-state index contributed by atoms with van der Waals surface area (Å²) in [4.78, 5) is 15.7. The van der Waals surface area contributed by atoms with Gasteiger partial charge in [0.1, 0.15) is 0 Å². The molecule has 1 N–H and O–H groups in total. The van der Waals surface area contributed by atoms with Gasteiger partial charge in [0.2, 0.25) is 0 Å². The molecule has 1 heterocycles. The first-order valence-corrected chi connectivity index (χ1v) is 6.81. The number of fused-ring (bicyclic) bond motifs is 1. The smallest absolute Gasteiger partial charge is 0.305 e. The minimum absolute atomic E-state index is 0.221. The minimum atomic E-state index is -0.662. The van der Waals surface area contributed by atoms with Crippen molar-refractivity contribution in [3.63, 3.8) is 0 Å². The fourth-order valence-corrected chi connectivity index (χ4v) is 2.11. The molecule has 1 aromatic heterocycles. The van der Waals surface area contributed by atoms with Crippen molar-refractivity contribution < 1.29 is 14.6 Å². The molecule has 0 saturated carbocycles. The summed E-state index contributed by atoms with van der Waals surface area (Å²) in [6.45, 7) is 4.09. The van der Waals surface area contributed by atoms with E-state index in [2.05, 4.69) is 4.98 Å². The summed E-state index contributed by atoms with van der Waals surface area (Å²) < 4.78 is 4.85. The number of nitrogens with zero attached hydrogens (tertiary/aromatic N) is 1. The van der Waals surface area contributed by atoms with Crippen molar-refractivity contribution in [3.8, 4) is 0 Å². The zero-order chi connectivity index (χ0) is 14.5. The molecule has 0 aliphatic rings. The van der Waals surface area contributed by atoms with E-state index in [-0.39, 0.29) is 12.4 Å². The van der Waals surface area contributed by atoms with Gasteiger partial charge < -0.3 is 9.84 Å². The van der Waals surface area contributed by atoms with Gasteiger partial charge in [-0.2, -0.15) is 0 Å². The number of carbonyl (C=O) groups excluding carboxylic acids is 1. The monoisotopic (exact) mass is 273 g/mol. The molecule has 4 heteroatoms. The van der Waals surface area contributed by atoms with E-state index >= 15 is 0 Å². The van der Waals surface area contributed by atoms with Crippen molar-refractivity contribution in [1.82, 2.24) is 4.98 Å². The van der Waals surface area contributed by atoms with Crippen LogP contribution >= 0.6 is 0 Å². The van der Waals surface area contributed by atoms with Crippen LogP contribution in [0.3, 0.4) is 0 Å². The molecule has 2 rings (SSSR count). The maximum absolute atomic E-state index is 11.3. The summed E-state index contributed by atoms with van der Waals surface area (Å²) in [6.07, 6.45) is -0.0758. The molecule has 20 heavy (non-hydrogen) atoms. The van der Waals surface area contributed by atoms with E-state index in [0.29, 0.717) is 13.0 Å². The van der Waals surface area contributed by atoms with Gasteiger partial charge >= 0.3 is 5.97 Å². The van der Waals surface area contributed by atoms with Gasteiger partial charge in [-0.15, -0.1) is 0 Å². The number of pyridine rings is 1. The zero-order valence-corrected chi connectivity index (χ0v) is 11.8. The number of rotatable bonds is 5. The number of hydrogen-bond acceptors (Lipinski definition) is 4. The SMILES string of the molecule is CCOC(=O)CCC(O)c1ccc2nc(C)ccc2c1. The van der Waals surface area contributed by atoms with Gasteiger partial charge in [-0.25, -0.2) is 0 Å². The van der Waals surface area contributed by atoms with Crippen LogP contribution in [0, 0.1) is 6.92 Å². The number of aliphatic hydroxyl groups is 1. The number of esters is 1. The lowest BCUT2D eigenvalue weighted by Gasteiger charge is -2.11. The van der Waals surface area contributed by atoms with E-state index in [9.17, 15) is 9.90 Å². The molecule has 0 spiro atoms. The van der Waals surface area contributed by atoms with Gasteiger partial charge in [-0.1, -0.05) is 12.1 Å². The third-order valence-electron chi connectivity index (χ3n) is 3.16. The summed E-state index contributed by atoms with van der Waals surface area (Å²) in [7, 11) is 0. The lowest BCUT2D eigenvalue weighted by molar-refractivity contribution is -0.143. The molecule has 0 aliphatic heterocycles. The van der Waals surface area contributed by atoms with Crippen LogP contribution in [0.5, 0.6) is 0 Å². The Morgan fingerprint density at radius 1 is 1.35 bits per heavy atom. The van der Waals surface area contributed by atoms with Crippen molar-refractivity contribution >= 4 is 16.9 Å². The van der Waals surface area contributed by atoms with Gasteiger partial charge in [0, 0.05) is 17.5 Å². The van der Waals surface area contributed by atoms with Gasteiger partial charge in [0.05, 0.1) is 18.2 Å².